The van der Waals surface area contributed by atoms with Gasteiger partial charge >= 0.3 is 0 Å². The standard InChI is InChI=1S/C28H33FN4O4/c1-18-2-8-22(9-3-18)31-27(35)24-25(34)23-16-20(19-4-6-21(29)7-5-19)17-30-26(23)33(28(24)36)11-10-32-12-14-37-15-13-32/h4-7,16-18,22,34H,2-3,8-15H2,1H3,(H,31,35). The van der Waals surface area contributed by atoms with Gasteiger partial charge < -0.3 is 15.2 Å². The van der Waals surface area contributed by atoms with Crippen LogP contribution in [0.5, 0.6) is 5.75 Å². The molecule has 37 heavy (non-hydrogen) atoms. The molecule has 2 fully saturated rings. The fourth-order valence-electron chi connectivity index (χ4n) is 5.25. The zero-order valence-corrected chi connectivity index (χ0v) is 21.1. The fourth-order valence-corrected chi connectivity index (χ4v) is 5.25. The normalized spacial score (nSPS) is 20.7. The number of pyridine rings is 2. The Balaban J connectivity index is 1.54. The lowest BCUT2D eigenvalue weighted by atomic mass is 9.87. The average molecular weight is 509 g/mol. The lowest BCUT2D eigenvalue weighted by molar-refractivity contribution is 0.0364. The summed E-state index contributed by atoms with van der Waals surface area (Å²) in [5.74, 6) is -0.666. The van der Waals surface area contributed by atoms with Gasteiger partial charge in [-0.15, -0.1) is 0 Å². The van der Waals surface area contributed by atoms with E-state index in [0.29, 0.717) is 54.4 Å². The van der Waals surface area contributed by atoms with Gasteiger partial charge in [-0.25, -0.2) is 9.37 Å². The maximum atomic E-state index is 13.6. The maximum absolute atomic E-state index is 13.6. The van der Waals surface area contributed by atoms with Crippen molar-refractivity contribution in [1.82, 2.24) is 19.8 Å². The predicted molar refractivity (Wildman–Crippen MR) is 139 cm³/mol. The van der Waals surface area contributed by atoms with Gasteiger partial charge in [0, 0.05) is 44.0 Å². The van der Waals surface area contributed by atoms with Crippen molar-refractivity contribution in [3.05, 3.63) is 58.3 Å². The van der Waals surface area contributed by atoms with Crippen LogP contribution in [0.15, 0.2) is 41.3 Å². The lowest BCUT2D eigenvalue weighted by Crippen LogP contribution is -2.42. The summed E-state index contributed by atoms with van der Waals surface area (Å²) in [5.41, 5.74) is 0.857. The molecule has 1 aromatic carbocycles. The number of aromatic nitrogens is 2. The van der Waals surface area contributed by atoms with E-state index in [2.05, 4.69) is 22.1 Å². The van der Waals surface area contributed by atoms with Crippen LogP contribution >= 0.6 is 0 Å². The van der Waals surface area contributed by atoms with Gasteiger partial charge in [-0.05, 0) is 55.4 Å². The average Bonchev–Trinajstić information content (AvgIpc) is 2.91. The molecule has 0 spiro atoms. The van der Waals surface area contributed by atoms with E-state index in [-0.39, 0.29) is 23.2 Å². The van der Waals surface area contributed by atoms with E-state index in [1.54, 1.807) is 24.4 Å². The van der Waals surface area contributed by atoms with Crippen molar-refractivity contribution in [3.8, 4) is 16.9 Å². The minimum absolute atomic E-state index is 0.0244. The first-order chi connectivity index (χ1) is 17.9. The molecule has 2 aliphatic rings. The van der Waals surface area contributed by atoms with Gasteiger partial charge in [0.1, 0.15) is 22.8 Å². The Morgan fingerprint density at radius 3 is 2.51 bits per heavy atom. The zero-order chi connectivity index (χ0) is 25.9. The van der Waals surface area contributed by atoms with Gasteiger partial charge in [-0.3, -0.25) is 19.1 Å². The molecule has 3 aromatic rings. The maximum Gasteiger partial charge on any atom is 0.268 e. The Hall–Kier alpha value is -3.30. The number of morpholine rings is 1. The summed E-state index contributed by atoms with van der Waals surface area (Å²) in [6, 6.07) is 7.64. The number of fused-ring (bicyclic) bond motifs is 1. The van der Waals surface area contributed by atoms with Crippen LogP contribution in [-0.4, -0.2) is 64.4 Å². The number of carbonyl (C=O) groups is 1. The molecule has 5 rings (SSSR count). The summed E-state index contributed by atoms with van der Waals surface area (Å²) < 4.78 is 20.4. The van der Waals surface area contributed by atoms with E-state index in [9.17, 15) is 19.1 Å². The van der Waals surface area contributed by atoms with Gasteiger partial charge in [-0.1, -0.05) is 19.1 Å². The summed E-state index contributed by atoms with van der Waals surface area (Å²) in [6.07, 6.45) is 5.33. The zero-order valence-electron chi connectivity index (χ0n) is 21.1. The van der Waals surface area contributed by atoms with Gasteiger partial charge in [0.25, 0.3) is 11.5 Å². The van der Waals surface area contributed by atoms with Crippen molar-refractivity contribution in [2.24, 2.45) is 5.92 Å². The number of hydrogen-bond acceptors (Lipinski definition) is 6. The summed E-state index contributed by atoms with van der Waals surface area (Å²) in [5, 5.41) is 14.5. The van der Waals surface area contributed by atoms with Crippen molar-refractivity contribution in [1.29, 1.82) is 0 Å². The van der Waals surface area contributed by atoms with E-state index in [4.69, 9.17) is 4.74 Å². The fraction of sp³-hybridized carbons (Fsp3) is 0.464. The third-order valence-electron chi connectivity index (χ3n) is 7.57. The molecule has 8 nitrogen and oxygen atoms in total. The molecule has 3 heterocycles. The molecular weight excluding hydrogens is 475 g/mol. The monoisotopic (exact) mass is 508 g/mol. The van der Waals surface area contributed by atoms with E-state index in [1.165, 1.54) is 16.7 Å². The van der Waals surface area contributed by atoms with Gasteiger partial charge in [0.15, 0.2) is 0 Å². The number of ether oxygens (including phenoxy) is 1. The first-order valence-corrected chi connectivity index (χ1v) is 13.0. The summed E-state index contributed by atoms with van der Waals surface area (Å²) in [4.78, 5) is 33.7. The Morgan fingerprint density at radius 2 is 1.81 bits per heavy atom. The Bertz CT molecular complexity index is 1330. The van der Waals surface area contributed by atoms with E-state index < -0.39 is 11.5 Å². The van der Waals surface area contributed by atoms with Crippen molar-refractivity contribution < 1.29 is 19.0 Å². The number of halogens is 1. The molecule has 0 radical (unpaired) electrons. The van der Waals surface area contributed by atoms with Crippen molar-refractivity contribution in [2.75, 3.05) is 32.8 Å². The molecule has 9 heteroatoms. The van der Waals surface area contributed by atoms with E-state index >= 15 is 0 Å². The third-order valence-corrected chi connectivity index (χ3v) is 7.57. The highest BCUT2D eigenvalue weighted by Gasteiger charge is 2.27. The van der Waals surface area contributed by atoms with Crippen molar-refractivity contribution in [2.45, 2.75) is 45.2 Å². The highest BCUT2D eigenvalue weighted by molar-refractivity contribution is 6.02. The smallest absolute Gasteiger partial charge is 0.268 e. The third kappa shape index (κ3) is 5.52. The first kappa shape index (κ1) is 25.4. The van der Waals surface area contributed by atoms with Crippen LogP contribution in [0.1, 0.15) is 43.0 Å². The van der Waals surface area contributed by atoms with Crippen molar-refractivity contribution >= 4 is 16.9 Å². The molecule has 0 bridgehead atoms. The highest BCUT2D eigenvalue weighted by Crippen LogP contribution is 2.30. The van der Waals surface area contributed by atoms with Crippen LogP contribution in [0.25, 0.3) is 22.2 Å². The largest absolute Gasteiger partial charge is 0.506 e. The second kappa shape index (κ2) is 11.0. The molecule has 1 amide bonds. The lowest BCUT2D eigenvalue weighted by Gasteiger charge is -2.28. The first-order valence-electron chi connectivity index (χ1n) is 13.0. The van der Waals surface area contributed by atoms with Crippen LogP contribution in [0.3, 0.4) is 0 Å². The van der Waals surface area contributed by atoms with Crippen LogP contribution in [0.4, 0.5) is 4.39 Å². The summed E-state index contributed by atoms with van der Waals surface area (Å²) in [6.45, 7) is 5.91. The number of nitrogens with zero attached hydrogens (tertiary/aromatic N) is 3. The molecule has 2 N–H and O–H groups in total. The molecule has 0 unspecified atom stereocenters. The van der Waals surface area contributed by atoms with E-state index in [0.717, 1.165) is 38.8 Å². The van der Waals surface area contributed by atoms with Gasteiger partial charge in [0.05, 0.1) is 18.6 Å². The molecule has 1 saturated carbocycles. The van der Waals surface area contributed by atoms with Gasteiger partial charge in [-0.2, -0.15) is 0 Å². The number of hydrogen-bond donors (Lipinski definition) is 2. The molecule has 1 saturated heterocycles. The number of carbonyl (C=O) groups excluding carboxylic acids is 1. The molecule has 0 atom stereocenters. The molecule has 2 aromatic heterocycles. The molecule has 1 aliphatic carbocycles. The Morgan fingerprint density at radius 1 is 1.11 bits per heavy atom. The molecular formula is C28H33FN4O4. The minimum atomic E-state index is -0.559. The quantitative estimate of drug-likeness (QED) is 0.529. The SMILES string of the molecule is CC1CCC(NC(=O)c2c(O)c3cc(-c4ccc(F)cc4)cnc3n(CCN3CCOCC3)c2=O)CC1. The highest BCUT2D eigenvalue weighted by atomic mass is 19.1. The molecule has 1 aliphatic heterocycles. The number of benzene rings is 1. The van der Waals surface area contributed by atoms with Crippen LogP contribution in [-0.2, 0) is 11.3 Å². The minimum Gasteiger partial charge on any atom is -0.506 e. The second-order valence-corrected chi connectivity index (χ2v) is 10.2. The molecule has 196 valence electrons. The predicted octanol–water partition coefficient (Wildman–Crippen LogP) is 3.55. The number of aromatic hydroxyl groups is 1. The van der Waals surface area contributed by atoms with E-state index in [1.807, 2.05) is 0 Å². The Labute approximate surface area is 215 Å². The number of nitrogens with one attached hydrogen (secondary N) is 1. The van der Waals surface area contributed by atoms with Crippen LogP contribution in [0, 0.1) is 11.7 Å². The second-order valence-electron chi connectivity index (χ2n) is 10.2. The topological polar surface area (TPSA) is 96.7 Å². The van der Waals surface area contributed by atoms with Crippen LogP contribution in [0.2, 0.25) is 0 Å². The summed E-state index contributed by atoms with van der Waals surface area (Å²) in [7, 11) is 0. The summed E-state index contributed by atoms with van der Waals surface area (Å²) >= 11 is 0. The Kier molecular flexibility index (Phi) is 7.53. The van der Waals surface area contributed by atoms with Gasteiger partial charge in [0.2, 0.25) is 0 Å². The van der Waals surface area contributed by atoms with Crippen molar-refractivity contribution in [3.63, 3.8) is 0 Å². The van der Waals surface area contributed by atoms with Crippen LogP contribution < -0.4 is 10.9 Å². The number of rotatable bonds is 6. The number of amides is 1.